The van der Waals surface area contributed by atoms with Crippen LogP contribution in [0.3, 0.4) is 0 Å². The van der Waals surface area contributed by atoms with Crippen LogP contribution in [0.25, 0.3) is 0 Å². The summed E-state index contributed by atoms with van der Waals surface area (Å²) < 4.78 is 13.0. The Hall–Kier alpha value is -2.44. The van der Waals surface area contributed by atoms with Gasteiger partial charge in [-0.15, -0.1) is 0 Å². The second-order valence-corrected chi connectivity index (χ2v) is 6.44. The molecule has 0 saturated carbocycles. The van der Waals surface area contributed by atoms with Gasteiger partial charge in [0.1, 0.15) is 5.82 Å². The molecule has 0 aromatic heterocycles. The van der Waals surface area contributed by atoms with Gasteiger partial charge in [0.2, 0.25) is 17.7 Å². The molecule has 0 bridgehead atoms. The zero-order chi connectivity index (χ0) is 19.1. The van der Waals surface area contributed by atoms with Gasteiger partial charge in [-0.25, -0.2) is 4.39 Å². The van der Waals surface area contributed by atoms with Gasteiger partial charge in [0.25, 0.3) is 0 Å². The number of piperazine rings is 1. The van der Waals surface area contributed by atoms with Gasteiger partial charge in [-0.2, -0.15) is 0 Å². The molecule has 1 heterocycles. The van der Waals surface area contributed by atoms with E-state index >= 15 is 0 Å². The number of halogens is 1. The molecule has 1 atom stereocenters. The number of carbonyl (C=O) groups is 3. The lowest BCUT2D eigenvalue weighted by molar-refractivity contribution is -0.138. The molecule has 7 heteroatoms. The van der Waals surface area contributed by atoms with E-state index in [9.17, 15) is 18.8 Å². The number of hydrogen-bond acceptors (Lipinski definition) is 3. The summed E-state index contributed by atoms with van der Waals surface area (Å²) in [6, 6.07) is 5.91. The Morgan fingerprint density at radius 2 is 1.65 bits per heavy atom. The quantitative estimate of drug-likeness (QED) is 0.833. The second-order valence-electron chi connectivity index (χ2n) is 6.44. The van der Waals surface area contributed by atoms with Crippen LogP contribution < -0.4 is 5.32 Å². The van der Waals surface area contributed by atoms with Crippen LogP contribution >= 0.6 is 0 Å². The van der Waals surface area contributed by atoms with E-state index in [1.165, 1.54) is 19.1 Å². The summed E-state index contributed by atoms with van der Waals surface area (Å²) in [5, 5.41) is 2.80. The van der Waals surface area contributed by atoms with Crippen LogP contribution in [-0.2, 0) is 14.4 Å². The minimum Gasteiger partial charge on any atom is -0.355 e. The molecular formula is C19H26FN3O3. The second kappa shape index (κ2) is 9.31. The van der Waals surface area contributed by atoms with E-state index in [-0.39, 0.29) is 42.4 Å². The Labute approximate surface area is 153 Å². The Morgan fingerprint density at radius 3 is 2.19 bits per heavy atom. The average molecular weight is 363 g/mol. The number of amides is 3. The first-order valence-electron chi connectivity index (χ1n) is 8.98. The molecule has 2 rings (SSSR count). The Balaban J connectivity index is 1.77. The van der Waals surface area contributed by atoms with Crippen molar-refractivity contribution in [2.75, 3.05) is 32.7 Å². The molecule has 1 fully saturated rings. The maximum atomic E-state index is 13.0. The highest BCUT2D eigenvalue weighted by Gasteiger charge is 2.23. The van der Waals surface area contributed by atoms with Gasteiger partial charge in [0.15, 0.2) is 0 Å². The van der Waals surface area contributed by atoms with Crippen molar-refractivity contribution in [3.8, 4) is 0 Å². The molecule has 0 spiro atoms. The molecule has 1 N–H and O–H groups in total. The molecule has 0 aliphatic carbocycles. The monoisotopic (exact) mass is 363 g/mol. The van der Waals surface area contributed by atoms with Gasteiger partial charge in [0.05, 0.1) is 5.92 Å². The molecule has 1 saturated heterocycles. The number of carbonyl (C=O) groups excluding carboxylic acids is 3. The molecule has 3 amide bonds. The van der Waals surface area contributed by atoms with E-state index in [4.69, 9.17) is 0 Å². The smallest absolute Gasteiger partial charge is 0.227 e. The number of benzene rings is 1. The number of hydrogen-bond donors (Lipinski definition) is 1. The van der Waals surface area contributed by atoms with Crippen molar-refractivity contribution in [3.05, 3.63) is 35.6 Å². The average Bonchev–Trinajstić information content (AvgIpc) is 2.64. The van der Waals surface area contributed by atoms with Gasteiger partial charge >= 0.3 is 0 Å². The van der Waals surface area contributed by atoms with Crippen molar-refractivity contribution in [1.29, 1.82) is 0 Å². The molecule has 1 aliphatic heterocycles. The van der Waals surface area contributed by atoms with Crippen LogP contribution in [0.15, 0.2) is 24.3 Å². The first-order chi connectivity index (χ1) is 12.4. The van der Waals surface area contributed by atoms with E-state index in [0.717, 1.165) is 5.56 Å². The Bertz CT molecular complexity index is 640. The summed E-state index contributed by atoms with van der Waals surface area (Å²) in [5.41, 5.74) is 0.762. The number of nitrogens with zero attached hydrogens (tertiary/aromatic N) is 2. The minimum atomic E-state index is -0.357. The highest BCUT2D eigenvalue weighted by Crippen LogP contribution is 2.20. The predicted octanol–water partition coefficient (Wildman–Crippen LogP) is 1.52. The maximum Gasteiger partial charge on any atom is 0.227 e. The van der Waals surface area contributed by atoms with Crippen LogP contribution in [0, 0.1) is 5.82 Å². The fourth-order valence-electron chi connectivity index (χ4n) is 3.11. The molecule has 142 valence electrons. The van der Waals surface area contributed by atoms with Crippen molar-refractivity contribution in [1.82, 2.24) is 15.1 Å². The van der Waals surface area contributed by atoms with Crippen LogP contribution in [0.4, 0.5) is 4.39 Å². The van der Waals surface area contributed by atoms with Crippen LogP contribution in [0.2, 0.25) is 0 Å². The van der Waals surface area contributed by atoms with Crippen molar-refractivity contribution < 1.29 is 18.8 Å². The highest BCUT2D eigenvalue weighted by molar-refractivity contribution is 5.84. The number of rotatable bonds is 6. The molecule has 1 unspecified atom stereocenters. The van der Waals surface area contributed by atoms with Gasteiger partial charge < -0.3 is 15.1 Å². The third-order valence-corrected chi connectivity index (χ3v) is 4.71. The van der Waals surface area contributed by atoms with E-state index in [1.807, 2.05) is 6.92 Å². The third-order valence-electron chi connectivity index (χ3n) is 4.71. The summed E-state index contributed by atoms with van der Waals surface area (Å²) in [6.45, 7) is 5.85. The summed E-state index contributed by atoms with van der Waals surface area (Å²) in [5.74, 6) is -0.850. The van der Waals surface area contributed by atoms with Gasteiger partial charge in [-0.3, -0.25) is 14.4 Å². The normalized spacial score (nSPS) is 15.5. The van der Waals surface area contributed by atoms with Gasteiger partial charge in [0, 0.05) is 46.1 Å². The van der Waals surface area contributed by atoms with Crippen molar-refractivity contribution in [3.63, 3.8) is 0 Å². The van der Waals surface area contributed by atoms with Crippen LogP contribution in [0.5, 0.6) is 0 Å². The van der Waals surface area contributed by atoms with E-state index in [1.54, 1.807) is 21.9 Å². The number of nitrogens with one attached hydrogen (secondary N) is 1. The zero-order valence-electron chi connectivity index (χ0n) is 15.3. The van der Waals surface area contributed by atoms with E-state index in [2.05, 4.69) is 5.32 Å². The minimum absolute atomic E-state index is 0.0239. The molecule has 1 aromatic rings. The van der Waals surface area contributed by atoms with Crippen molar-refractivity contribution in [2.45, 2.75) is 32.6 Å². The Kier molecular flexibility index (Phi) is 7.12. The fourth-order valence-corrected chi connectivity index (χ4v) is 3.11. The largest absolute Gasteiger partial charge is 0.355 e. The van der Waals surface area contributed by atoms with E-state index in [0.29, 0.717) is 32.6 Å². The van der Waals surface area contributed by atoms with E-state index < -0.39 is 0 Å². The summed E-state index contributed by atoms with van der Waals surface area (Å²) >= 11 is 0. The predicted molar refractivity (Wildman–Crippen MR) is 95.9 cm³/mol. The highest BCUT2D eigenvalue weighted by atomic mass is 19.1. The van der Waals surface area contributed by atoms with Crippen molar-refractivity contribution in [2.24, 2.45) is 0 Å². The molecule has 1 aromatic carbocycles. The standard InChI is InChI=1S/C19H26FN3O3/c1-3-17(15-4-6-16(20)7-5-15)19(26)21-9-8-18(25)23-12-10-22(11-13-23)14(2)24/h4-7,17H,3,8-13H2,1-2H3,(H,21,26). The zero-order valence-corrected chi connectivity index (χ0v) is 15.3. The lowest BCUT2D eigenvalue weighted by atomic mass is 9.95. The summed E-state index contributed by atoms with van der Waals surface area (Å²) in [6.07, 6.45) is 0.823. The molecule has 26 heavy (non-hydrogen) atoms. The summed E-state index contributed by atoms with van der Waals surface area (Å²) in [7, 11) is 0. The summed E-state index contributed by atoms with van der Waals surface area (Å²) in [4.78, 5) is 39.3. The molecule has 1 aliphatic rings. The van der Waals surface area contributed by atoms with Crippen LogP contribution in [-0.4, -0.2) is 60.2 Å². The first-order valence-corrected chi connectivity index (χ1v) is 8.98. The van der Waals surface area contributed by atoms with Crippen molar-refractivity contribution >= 4 is 17.7 Å². The van der Waals surface area contributed by atoms with Gasteiger partial charge in [-0.05, 0) is 24.1 Å². The van der Waals surface area contributed by atoms with Gasteiger partial charge in [-0.1, -0.05) is 19.1 Å². The molecule has 0 radical (unpaired) electrons. The lowest BCUT2D eigenvalue weighted by Crippen LogP contribution is -2.50. The maximum absolute atomic E-state index is 13.0. The fraction of sp³-hybridized carbons (Fsp3) is 0.526. The lowest BCUT2D eigenvalue weighted by Gasteiger charge is -2.34. The topological polar surface area (TPSA) is 69.7 Å². The third kappa shape index (κ3) is 5.28. The molecular weight excluding hydrogens is 337 g/mol. The Morgan fingerprint density at radius 1 is 1.08 bits per heavy atom. The van der Waals surface area contributed by atoms with Crippen LogP contribution in [0.1, 0.15) is 38.2 Å². The molecule has 6 nitrogen and oxygen atoms in total. The first kappa shape index (κ1) is 19.9. The SMILES string of the molecule is CCC(C(=O)NCCC(=O)N1CCN(C(C)=O)CC1)c1ccc(F)cc1.